The lowest BCUT2D eigenvalue weighted by atomic mass is 9.94. The Morgan fingerprint density at radius 1 is 1.08 bits per heavy atom. The fraction of sp³-hybridized carbons (Fsp3) is 0.556. The number of carbonyl (C=O) groups excluding carboxylic acids is 2. The highest BCUT2D eigenvalue weighted by atomic mass is 19.1. The average Bonchev–Trinajstić information content (AvgIpc) is 2.63. The van der Waals surface area contributed by atoms with E-state index < -0.39 is 0 Å². The first-order chi connectivity index (χ1) is 11.6. The first-order valence-electron chi connectivity index (χ1n) is 8.48. The summed E-state index contributed by atoms with van der Waals surface area (Å²) in [5.41, 5.74) is 0.900. The van der Waals surface area contributed by atoms with Gasteiger partial charge in [-0.2, -0.15) is 0 Å². The van der Waals surface area contributed by atoms with Gasteiger partial charge in [-0.15, -0.1) is 0 Å². The van der Waals surface area contributed by atoms with Crippen LogP contribution in [-0.4, -0.2) is 61.0 Å². The van der Waals surface area contributed by atoms with Crippen LogP contribution in [0.1, 0.15) is 28.8 Å². The van der Waals surface area contributed by atoms with Gasteiger partial charge < -0.3 is 14.5 Å². The molecule has 0 unspecified atom stereocenters. The van der Waals surface area contributed by atoms with E-state index in [4.69, 9.17) is 4.74 Å². The van der Waals surface area contributed by atoms with Gasteiger partial charge in [-0.3, -0.25) is 9.59 Å². The molecule has 0 N–H and O–H groups in total. The van der Waals surface area contributed by atoms with Gasteiger partial charge in [0.2, 0.25) is 5.91 Å². The Hall–Kier alpha value is -1.95. The van der Waals surface area contributed by atoms with Crippen molar-refractivity contribution in [3.8, 4) is 0 Å². The predicted molar refractivity (Wildman–Crippen MR) is 87.2 cm³/mol. The average molecular weight is 334 g/mol. The van der Waals surface area contributed by atoms with Crippen LogP contribution in [0.4, 0.5) is 4.39 Å². The summed E-state index contributed by atoms with van der Waals surface area (Å²) in [7, 11) is 0. The highest BCUT2D eigenvalue weighted by molar-refractivity contribution is 5.94. The Morgan fingerprint density at radius 3 is 2.38 bits per heavy atom. The molecule has 0 aromatic heterocycles. The number of ether oxygens (including phenoxy) is 1. The van der Waals surface area contributed by atoms with Crippen LogP contribution in [0, 0.1) is 18.7 Å². The maximum Gasteiger partial charge on any atom is 0.253 e. The molecule has 6 heteroatoms. The number of piperidine rings is 1. The van der Waals surface area contributed by atoms with Gasteiger partial charge >= 0.3 is 0 Å². The highest BCUT2D eigenvalue weighted by Crippen LogP contribution is 2.22. The molecule has 2 amide bonds. The molecule has 0 atom stereocenters. The topological polar surface area (TPSA) is 49.9 Å². The maximum atomic E-state index is 13.6. The van der Waals surface area contributed by atoms with E-state index in [1.165, 1.54) is 6.07 Å². The van der Waals surface area contributed by atoms with Crippen molar-refractivity contribution in [1.29, 1.82) is 0 Å². The number of aryl methyl sites for hydroxylation is 1. The smallest absolute Gasteiger partial charge is 0.253 e. The van der Waals surface area contributed by atoms with Gasteiger partial charge in [-0.05, 0) is 37.5 Å². The molecule has 1 aromatic rings. The van der Waals surface area contributed by atoms with Crippen molar-refractivity contribution in [2.45, 2.75) is 19.8 Å². The summed E-state index contributed by atoms with van der Waals surface area (Å²) in [4.78, 5) is 28.6. The second-order valence-electron chi connectivity index (χ2n) is 6.47. The van der Waals surface area contributed by atoms with Crippen molar-refractivity contribution in [2.24, 2.45) is 5.92 Å². The third-order valence-electron chi connectivity index (χ3n) is 4.87. The highest BCUT2D eigenvalue weighted by Gasteiger charge is 2.31. The zero-order valence-electron chi connectivity index (χ0n) is 14.0. The standard InChI is InChI=1S/C18H23FN2O3/c1-13-2-3-15(12-16(13)19)18(23)20-6-4-14(5-7-20)17(22)21-8-10-24-11-9-21/h2-3,12,14H,4-11H2,1H3. The summed E-state index contributed by atoms with van der Waals surface area (Å²) in [5.74, 6) is -0.377. The number of nitrogens with zero attached hydrogens (tertiary/aromatic N) is 2. The molecule has 0 aliphatic carbocycles. The monoisotopic (exact) mass is 334 g/mol. The van der Waals surface area contributed by atoms with Gasteiger partial charge in [0.15, 0.2) is 0 Å². The van der Waals surface area contributed by atoms with Gasteiger partial charge in [0.25, 0.3) is 5.91 Å². The fourth-order valence-corrected chi connectivity index (χ4v) is 3.28. The summed E-state index contributed by atoms with van der Waals surface area (Å²) in [6, 6.07) is 4.58. The van der Waals surface area contributed by atoms with Crippen LogP contribution in [0.2, 0.25) is 0 Å². The number of halogens is 1. The van der Waals surface area contributed by atoms with Crippen molar-refractivity contribution in [2.75, 3.05) is 39.4 Å². The number of hydrogen-bond donors (Lipinski definition) is 0. The van der Waals surface area contributed by atoms with Crippen LogP contribution in [0.15, 0.2) is 18.2 Å². The van der Waals surface area contributed by atoms with Crippen LogP contribution in [0.5, 0.6) is 0 Å². The minimum atomic E-state index is -0.363. The molecule has 2 fully saturated rings. The molecular weight excluding hydrogens is 311 g/mol. The van der Waals surface area contributed by atoms with Gasteiger partial charge in [-0.1, -0.05) is 6.07 Å². The van der Waals surface area contributed by atoms with Crippen LogP contribution in [0.3, 0.4) is 0 Å². The quantitative estimate of drug-likeness (QED) is 0.829. The molecule has 0 radical (unpaired) electrons. The molecule has 2 aliphatic rings. The Labute approximate surface area is 141 Å². The number of rotatable bonds is 2. The van der Waals surface area contributed by atoms with Crippen molar-refractivity contribution in [1.82, 2.24) is 9.80 Å². The zero-order chi connectivity index (χ0) is 17.1. The molecule has 3 rings (SSSR count). The normalized spacial score (nSPS) is 19.4. The minimum absolute atomic E-state index is 0.0260. The lowest BCUT2D eigenvalue weighted by Crippen LogP contribution is -2.47. The summed E-state index contributed by atoms with van der Waals surface area (Å²) in [6.45, 7) is 5.25. The molecule has 1 aromatic carbocycles. The van der Waals surface area contributed by atoms with E-state index in [1.54, 1.807) is 24.0 Å². The zero-order valence-corrected chi connectivity index (χ0v) is 14.0. The van der Waals surface area contributed by atoms with Crippen LogP contribution in [0.25, 0.3) is 0 Å². The second kappa shape index (κ2) is 7.30. The molecule has 0 saturated carbocycles. The van der Waals surface area contributed by atoms with E-state index in [0.29, 0.717) is 63.4 Å². The van der Waals surface area contributed by atoms with Crippen LogP contribution < -0.4 is 0 Å². The predicted octanol–water partition coefficient (Wildman–Crippen LogP) is 1.85. The molecule has 2 saturated heterocycles. The largest absolute Gasteiger partial charge is 0.378 e. The van der Waals surface area contributed by atoms with E-state index >= 15 is 0 Å². The maximum absolute atomic E-state index is 13.6. The van der Waals surface area contributed by atoms with Gasteiger partial charge in [0.05, 0.1) is 13.2 Å². The minimum Gasteiger partial charge on any atom is -0.378 e. The van der Waals surface area contributed by atoms with Crippen molar-refractivity contribution < 1.29 is 18.7 Å². The van der Waals surface area contributed by atoms with Crippen LogP contribution >= 0.6 is 0 Å². The molecular formula is C18H23FN2O3. The van der Waals surface area contributed by atoms with E-state index in [1.807, 2.05) is 4.90 Å². The number of hydrogen-bond acceptors (Lipinski definition) is 3. The van der Waals surface area contributed by atoms with E-state index in [9.17, 15) is 14.0 Å². The first-order valence-corrected chi connectivity index (χ1v) is 8.48. The van der Waals surface area contributed by atoms with Crippen molar-refractivity contribution >= 4 is 11.8 Å². The fourth-order valence-electron chi connectivity index (χ4n) is 3.28. The Kier molecular flexibility index (Phi) is 5.14. The number of amides is 2. The second-order valence-corrected chi connectivity index (χ2v) is 6.47. The number of likely N-dealkylation sites (tertiary alicyclic amines) is 1. The van der Waals surface area contributed by atoms with Gasteiger partial charge in [-0.25, -0.2) is 4.39 Å². The number of morpholine rings is 1. The molecule has 24 heavy (non-hydrogen) atoms. The molecule has 2 heterocycles. The lowest BCUT2D eigenvalue weighted by Gasteiger charge is -2.35. The van der Waals surface area contributed by atoms with E-state index in [2.05, 4.69) is 0 Å². The van der Waals surface area contributed by atoms with Crippen LogP contribution in [-0.2, 0) is 9.53 Å². The Balaban J connectivity index is 1.57. The summed E-state index contributed by atoms with van der Waals surface area (Å²) < 4.78 is 18.9. The third kappa shape index (κ3) is 3.59. The molecule has 0 spiro atoms. The number of benzene rings is 1. The van der Waals surface area contributed by atoms with Gasteiger partial charge in [0, 0.05) is 37.7 Å². The molecule has 0 bridgehead atoms. The van der Waals surface area contributed by atoms with E-state index in [-0.39, 0.29) is 23.5 Å². The summed E-state index contributed by atoms with van der Waals surface area (Å²) >= 11 is 0. The lowest BCUT2D eigenvalue weighted by molar-refractivity contribution is -0.141. The Morgan fingerprint density at radius 2 is 1.75 bits per heavy atom. The van der Waals surface area contributed by atoms with Crippen molar-refractivity contribution in [3.63, 3.8) is 0 Å². The number of carbonyl (C=O) groups is 2. The van der Waals surface area contributed by atoms with Crippen molar-refractivity contribution in [3.05, 3.63) is 35.1 Å². The molecule has 130 valence electrons. The van der Waals surface area contributed by atoms with E-state index in [0.717, 1.165) is 0 Å². The first kappa shape index (κ1) is 16.9. The van der Waals surface area contributed by atoms with Gasteiger partial charge in [0.1, 0.15) is 5.82 Å². The SMILES string of the molecule is Cc1ccc(C(=O)N2CCC(C(=O)N3CCOCC3)CC2)cc1F. The molecule has 2 aliphatic heterocycles. The molecule has 5 nitrogen and oxygen atoms in total. The summed E-state index contributed by atoms with van der Waals surface area (Å²) in [5, 5.41) is 0. The Bertz CT molecular complexity index is 621. The third-order valence-corrected chi connectivity index (χ3v) is 4.87. The summed E-state index contributed by atoms with van der Waals surface area (Å²) in [6.07, 6.45) is 1.33.